The summed E-state index contributed by atoms with van der Waals surface area (Å²) in [6.45, 7) is 10.3. The molecule has 0 aliphatic carbocycles. The summed E-state index contributed by atoms with van der Waals surface area (Å²) in [5, 5.41) is 14.7. The van der Waals surface area contributed by atoms with E-state index in [1.54, 1.807) is 41.5 Å². The number of phenolic OH excluding ortho intramolecular Hbond substituents is 1. The molecule has 0 unspecified atom stereocenters. The number of rotatable bonds is 2. The monoisotopic (exact) mass is 358 g/mol. The van der Waals surface area contributed by atoms with Crippen LogP contribution in [0.3, 0.4) is 0 Å². The number of anilines is 2. The highest BCUT2D eigenvalue weighted by atomic mass is 35.5. The quantitative estimate of drug-likeness (QED) is 0.663. The summed E-state index contributed by atoms with van der Waals surface area (Å²) in [4.78, 5) is 23.8. The number of amides is 2. The van der Waals surface area contributed by atoms with E-state index in [9.17, 15) is 14.7 Å². The molecule has 7 nitrogen and oxygen atoms in total. The number of nitrogens with one attached hydrogen (secondary N) is 2. The van der Waals surface area contributed by atoms with Gasteiger partial charge in [0, 0.05) is 6.07 Å². The van der Waals surface area contributed by atoms with Gasteiger partial charge in [0.05, 0.1) is 16.4 Å². The Kier molecular flexibility index (Phi) is 5.94. The van der Waals surface area contributed by atoms with Crippen LogP contribution < -0.4 is 10.6 Å². The van der Waals surface area contributed by atoms with Crippen molar-refractivity contribution < 1.29 is 24.2 Å². The fourth-order valence-electron chi connectivity index (χ4n) is 1.60. The molecule has 0 aromatic heterocycles. The SMILES string of the molecule is CC(C)(C)OC(=O)Nc1cc(O)c(Cl)cc1NC(=O)OC(C)(C)C. The molecule has 0 saturated carbocycles. The van der Waals surface area contributed by atoms with Gasteiger partial charge in [0.25, 0.3) is 0 Å². The first-order valence-electron chi connectivity index (χ1n) is 7.29. The second kappa shape index (κ2) is 7.17. The molecule has 8 heteroatoms. The lowest BCUT2D eigenvalue weighted by atomic mass is 10.2. The van der Waals surface area contributed by atoms with Gasteiger partial charge in [-0.15, -0.1) is 0 Å². The lowest BCUT2D eigenvalue weighted by molar-refractivity contribution is 0.0620. The highest BCUT2D eigenvalue weighted by molar-refractivity contribution is 6.32. The molecule has 0 fully saturated rings. The van der Waals surface area contributed by atoms with Gasteiger partial charge in [-0.2, -0.15) is 0 Å². The molecule has 0 saturated heterocycles. The Morgan fingerprint density at radius 2 is 1.29 bits per heavy atom. The van der Waals surface area contributed by atoms with Gasteiger partial charge < -0.3 is 14.6 Å². The van der Waals surface area contributed by atoms with Gasteiger partial charge in [0.15, 0.2) is 0 Å². The molecule has 1 rings (SSSR count). The summed E-state index contributed by atoms with van der Waals surface area (Å²) in [6, 6.07) is 2.51. The van der Waals surface area contributed by atoms with Gasteiger partial charge in [-0.1, -0.05) is 11.6 Å². The van der Waals surface area contributed by atoms with E-state index in [1.165, 1.54) is 12.1 Å². The number of phenols is 1. The zero-order valence-corrected chi connectivity index (χ0v) is 15.4. The molecule has 0 radical (unpaired) electrons. The average molecular weight is 359 g/mol. The summed E-state index contributed by atoms with van der Waals surface area (Å²) in [5.41, 5.74) is -1.10. The largest absolute Gasteiger partial charge is 0.506 e. The number of hydrogen-bond donors (Lipinski definition) is 3. The number of benzene rings is 1. The van der Waals surface area contributed by atoms with E-state index >= 15 is 0 Å². The molecular formula is C16H23ClN2O5. The summed E-state index contributed by atoms with van der Waals surface area (Å²) < 4.78 is 10.3. The topological polar surface area (TPSA) is 96.9 Å². The Labute approximate surface area is 146 Å². The summed E-state index contributed by atoms with van der Waals surface area (Å²) >= 11 is 5.86. The summed E-state index contributed by atoms with van der Waals surface area (Å²) in [6.07, 6.45) is -1.46. The van der Waals surface area contributed by atoms with Crippen LogP contribution in [0.2, 0.25) is 5.02 Å². The van der Waals surface area contributed by atoms with Crippen LogP contribution in [0.5, 0.6) is 5.75 Å². The predicted octanol–water partition coefficient (Wildman–Crippen LogP) is 4.74. The number of carbonyl (C=O) groups excluding carboxylic acids is 2. The third kappa shape index (κ3) is 6.95. The maximum atomic E-state index is 11.9. The van der Waals surface area contributed by atoms with Crippen LogP contribution in [0.1, 0.15) is 41.5 Å². The van der Waals surface area contributed by atoms with Gasteiger partial charge in [0.2, 0.25) is 0 Å². The maximum absolute atomic E-state index is 11.9. The molecule has 2 amide bonds. The Balaban J connectivity index is 3.01. The van der Waals surface area contributed by atoms with Crippen molar-refractivity contribution in [1.82, 2.24) is 0 Å². The second-order valence-corrected chi connectivity index (χ2v) is 7.51. The molecule has 1 aromatic carbocycles. The van der Waals surface area contributed by atoms with E-state index in [1.807, 2.05) is 0 Å². The number of halogens is 1. The molecule has 0 atom stereocenters. The van der Waals surface area contributed by atoms with Crippen LogP contribution in [0, 0.1) is 0 Å². The molecular weight excluding hydrogens is 336 g/mol. The van der Waals surface area contributed by atoms with Crippen LogP contribution in [-0.4, -0.2) is 28.5 Å². The van der Waals surface area contributed by atoms with E-state index in [2.05, 4.69) is 10.6 Å². The van der Waals surface area contributed by atoms with Gasteiger partial charge in [-0.3, -0.25) is 10.6 Å². The average Bonchev–Trinajstić information content (AvgIpc) is 2.30. The van der Waals surface area contributed by atoms with Crippen molar-refractivity contribution in [3.8, 4) is 5.75 Å². The van der Waals surface area contributed by atoms with Crippen molar-refractivity contribution in [3.05, 3.63) is 17.2 Å². The number of hydrogen-bond acceptors (Lipinski definition) is 5. The van der Waals surface area contributed by atoms with Gasteiger partial charge in [-0.05, 0) is 47.6 Å². The van der Waals surface area contributed by atoms with Crippen molar-refractivity contribution in [1.29, 1.82) is 0 Å². The van der Waals surface area contributed by atoms with Gasteiger partial charge in [-0.25, -0.2) is 9.59 Å². The zero-order chi connectivity index (χ0) is 18.7. The smallest absolute Gasteiger partial charge is 0.412 e. The second-order valence-electron chi connectivity index (χ2n) is 7.10. The van der Waals surface area contributed by atoms with Gasteiger partial charge >= 0.3 is 12.2 Å². The van der Waals surface area contributed by atoms with E-state index in [-0.39, 0.29) is 22.1 Å². The van der Waals surface area contributed by atoms with Gasteiger partial charge in [0.1, 0.15) is 17.0 Å². The van der Waals surface area contributed by atoms with Crippen molar-refractivity contribution in [2.75, 3.05) is 10.6 Å². The molecule has 1 aromatic rings. The molecule has 0 spiro atoms. The third-order valence-corrected chi connectivity index (χ3v) is 2.66. The fourth-order valence-corrected chi connectivity index (χ4v) is 1.76. The van der Waals surface area contributed by atoms with E-state index in [0.717, 1.165) is 0 Å². The number of ether oxygens (including phenoxy) is 2. The Hall–Kier alpha value is -2.15. The van der Waals surface area contributed by atoms with Crippen LogP contribution in [0.25, 0.3) is 0 Å². The van der Waals surface area contributed by atoms with Crippen molar-refractivity contribution in [3.63, 3.8) is 0 Å². The summed E-state index contributed by atoms with van der Waals surface area (Å²) in [5.74, 6) is -0.252. The predicted molar refractivity (Wildman–Crippen MR) is 92.8 cm³/mol. The first-order valence-corrected chi connectivity index (χ1v) is 7.67. The molecule has 0 aliphatic rings. The molecule has 0 aliphatic heterocycles. The zero-order valence-electron chi connectivity index (χ0n) is 14.6. The van der Waals surface area contributed by atoms with E-state index in [4.69, 9.17) is 21.1 Å². The lowest BCUT2D eigenvalue weighted by Crippen LogP contribution is -2.29. The van der Waals surface area contributed by atoms with E-state index < -0.39 is 23.4 Å². The maximum Gasteiger partial charge on any atom is 0.412 e. The Morgan fingerprint density at radius 1 is 0.917 bits per heavy atom. The fraction of sp³-hybridized carbons (Fsp3) is 0.500. The highest BCUT2D eigenvalue weighted by Gasteiger charge is 2.21. The minimum atomic E-state index is -0.739. The molecule has 134 valence electrons. The number of carbonyl (C=O) groups is 2. The molecule has 3 N–H and O–H groups in total. The molecule has 24 heavy (non-hydrogen) atoms. The van der Waals surface area contributed by atoms with Crippen LogP contribution in [0.4, 0.5) is 21.0 Å². The lowest BCUT2D eigenvalue weighted by Gasteiger charge is -2.22. The highest BCUT2D eigenvalue weighted by Crippen LogP contribution is 2.34. The summed E-state index contributed by atoms with van der Waals surface area (Å²) in [7, 11) is 0. The first-order chi connectivity index (χ1) is 10.8. The normalized spacial score (nSPS) is 11.6. The Morgan fingerprint density at radius 3 is 1.67 bits per heavy atom. The third-order valence-electron chi connectivity index (χ3n) is 2.36. The van der Waals surface area contributed by atoms with Crippen LogP contribution in [-0.2, 0) is 9.47 Å². The Bertz CT molecular complexity index is 578. The standard InChI is InChI=1S/C16H23ClN2O5/c1-15(2,3)23-13(21)18-10-7-9(17)12(20)8-11(10)19-14(22)24-16(4,5)6/h7-8,20H,1-6H3,(H,18,21)(H,19,22). The molecule has 0 heterocycles. The van der Waals surface area contributed by atoms with Crippen molar-refractivity contribution >= 4 is 35.2 Å². The van der Waals surface area contributed by atoms with E-state index in [0.29, 0.717) is 0 Å². The minimum absolute atomic E-state index is 0.01000. The van der Waals surface area contributed by atoms with Crippen molar-refractivity contribution in [2.45, 2.75) is 52.7 Å². The van der Waals surface area contributed by atoms with Crippen molar-refractivity contribution in [2.24, 2.45) is 0 Å². The van der Waals surface area contributed by atoms with Crippen LogP contribution in [0.15, 0.2) is 12.1 Å². The first kappa shape index (κ1) is 19.9. The van der Waals surface area contributed by atoms with Crippen LogP contribution >= 0.6 is 11.6 Å². The number of aromatic hydroxyl groups is 1. The minimum Gasteiger partial charge on any atom is -0.506 e. The molecule has 0 bridgehead atoms.